The lowest BCUT2D eigenvalue weighted by molar-refractivity contribution is 0.0673. The Morgan fingerprint density at radius 2 is 2.16 bits per heavy atom. The molecule has 0 radical (unpaired) electrons. The van der Waals surface area contributed by atoms with Crippen molar-refractivity contribution >= 4 is 5.91 Å². The molecule has 0 N–H and O–H groups in total. The molecular weight excluding hydrogens is 242 g/mol. The van der Waals surface area contributed by atoms with E-state index in [1.165, 1.54) is 6.42 Å². The van der Waals surface area contributed by atoms with E-state index in [4.69, 9.17) is 9.47 Å². The highest BCUT2D eigenvalue weighted by atomic mass is 16.6. The van der Waals surface area contributed by atoms with Gasteiger partial charge < -0.3 is 14.4 Å². The largest absolute Gasteiger partial charge is 0.486 e. The molecule has 1 unspecified atom stereocenters. The smallest absolute Gasteiger partial charge is 0.257 e. The number of hydrogen-bond donors (Lipinski definition) is 0. The first kappa shape index (κ1) is 12.3. The third-order valence-electron chi connectivity index (χ3n) is 3.74. The first-order chi connectivity index (χ1) is 9.25. The lowest BCUT2D eigenvalue weighted by Gasteiger charge is -2.32. The second-order valence-electron chi connectivity index (χ2n) is 5.33. The number of benzene rings is 1. The number of rotatable bonds is 1. The summed E-state index contributed by atoms with van der Waals surface area (Å²) in [6.07, 6.45) is 2.29. The number of likely N-dealkylation sites (tertiary alicyclic amines) is 1. The Bertz CT molecular complexity index is 486. The van der Waals surface area contributed by atoms with E-state index >= 15 is 0 Å². The van der Waals surface area contributed by atoms with Gasteiger partial charge in [0.2, 0.25) is 0 Å². The normalized spacial score (nSPS) is 22.2. The zero-order valence-electron chi connectivity index (χ0n) is 11.2. The molecule has 4 heteroatoms. The first-order valence-electron chi connectivity index (χ1n) is 6.93. The van der Waals surface area contributed by atoms with E-state index in [2.05, 4.69) is 6.92 Å². The molecule has 1 aromatic carbocycles. The molecule has 0 saturated carbocycles. The average molecular weight is 261 g/mol. The van der Waals surface area contributed by atoms with Crippen LogP contribution in [0.1, 0.15) is 30.1 Å². The van der Waals surface area contributed by atoms with Crippen molar-refractivity contribution in [3.8, 4) is 11.5 Å². The molecule has 2 aliphatic heterocycles. The Labute approximate surface area is 113 Å². The van der Waals surface area contributed by atoms with E-state index in [9.17, 15) is 4.79 Å². The zero-order chi connectivity index (χ0) is 13.2. The summed E-state index contributed by atoms with van der Waals surface area (Å²) in [6.45, 7) is 4.93. The Hall–Kier alpha value is -1.71. The maximum absolute atomic E-state index is 12.6. The van der Waals surface area contributed by atoms with Gasteiger partial charge in [0.1, 0.15) is 13.2 Å². The van der Waals surface area contributed by atoms with Crippen molar-refractivity contribution in [3.05, 3.63) is 23.8 Å². The summed E-state index contributed by atoms with van der Waals surface area (Å²) in [5.74, 6) is 1.93. The van der Waals surface area contributed by atoms with Gasteiger partial charge in [-0.1, -0.05) is 13.0 Å². The van der Waals surface area contributed by atoms with Gasteiger partial charge in [-0.25, -0.2) is 0 Å². The molecule has 2 aliphatic rings. The van der Waals surface area contributed by atoms with Crippen molar-refractivity contribution in [2.45, 2.75) is 19.8 Å². The van der Waals surface area contributed by atoms with E-state index in [1.54, 1.807) is 0 Å². The van der Waals surface area contributed by atoms with Crippen LogP contribution < -0.4 is 9.47 Å². The van der Waals surface area contributed by atoms with Crippen molar-refractivity contribution in [2.75, 3.05) is 26.3 Å². The van der Waals surface area contributed by atoms with Gasteiger partial charge in [-0.05, 0) is 30.9 Å². The van der Waals surface area contributed by atoms with Crippen molar-refractivity contribution in [1.29, 1.82) is 0 Å². The number of para-hydroxylation sites is 1. The van der Waals surface area contributed by atoms with Crippen LogP contribution >= 0.6 is 0 Å². The van der Waals surface area contributed by atoms with Crippen LogP contribution in [0, 0.1) is 5.92 Å². The van der Waals surface area contributed by atoms with Crippen molar-refractivity contribution in [1.82, 2.24) is 4.90 Å². The minimum absolute atomic E-state index is 0.0638. The molecule has 4 nitrogen and oxygen atoms in total. The van der Waals surface area contributed by atoms with Gasteiger partial charge in [-0.15, -0.1) is 0 Å². The van der Waals surface area contributed by atoms with Gasteiger partial charge in [0, 0.05) is 13.1 Å². The topological polar surface area (TPSA) is 38.8 Å². The highest BCUT2D eigenvalue weighted by Crippen LogP contribution is 2.34. The van der Waals surface area contributed by atoms with Gasteiger partial charge in [-0.3, -0.25) is 4.79 Å². The average Bonchev–Trinajstić information content (AvgIpc) is 2.46. The molecule has 19 heavy (non-hydrogen) atoms. The van der Waals surface area contributed by atoms with Crippen molar-refractivity contribution in [3.63, 3.8) is 0 Å². The number of carbonyl (C=O) groups excluding carboxylic acids is 1. The second kappa shape index (κ2) is 5.11. The quantitative estimate of drug-likeness (QED) is 0.779. The van der Waals surface area contributed by atoms with E-state index in [0.717, 1.165) is 19.5 Å². The van der Waals surface area contributed by atoms with Gasteiger partial charge >= 0.3 is 0 Å². The van der Waals surface area contributed by atoms with Crippen LogP contribution in [0.25, 0.3) is 0 Å². The lowest BCUT2D eigenvalue weighted by Crippen LogP contribution is -2.39. The molecule has 1 atom stereocenters. The molecule has 1 saturated heterocycles. The zero-order valence-corrected chi connectivity index (χ0v) is 11.2. The molecule has 1 amide bonds. The fraction of sp³-hybridized carbons (Fsp3) is 0.533. The minimum atomic E-state index is 0.0638. The number of ether oxygens (including phenoxy) is 2. The fourth-order valence-corrected chi connectivity index (χ4v) is 2.79. The molecule has 0 aromatic heterocycles. The summed E-state index contributed by atoms with van der Waals surface area (Å²) in [5.41, 5.74) is 0.631. The van der Waals surface area contributed by atoms with Gasteiger partial charge in [0.15, 0.2) is 11.5 Å². The first-order valence-corrected chi connectivity index (χ1v) is 6.93. The number of fused-ring (bicyclic) bond motifs is 1. The van der Waals surface area contributed by atoms with Crippen LogP contribution in [0.3, 0.4) is 0 Å². The number of hydrogen-bond acceptors (Lipinski definition) is 3. The highest BCUT2D eigenvalue weighted by Gasteiger charge is 2.26. The second-order valence-corrected chi connectivity index (χ2v) is 5.33. The Morgan fingerprint density at radius 1 is 1.32 bits per heavy atom. The van der Waals surface area contributed by atoms with Crippen LogP contribution in [0.15, 0.2) is 18.2 Å². The SMILES string of the molecule is CC1CCCN(C(=O)c2cccc3c2OCCO3)C1. The predicted molar refractivity (Wildman–Crippen MR) is 71.7 cm³/mol. The van der Waals surface area contributed by atoms with Crippen LogP contribution in [0.4, 0.5) is 0 Å². The summed E-state index contributed by atoms with van der Waals surface area (Å²) in [7, 11) is 0. The molecule has 1 fully saturated rings. The van der Waals surface area contributed by atoms with Gasteiger partial charge in [-0.2, -0.15) is 0 Å². The maximum Gasteiger partial charge on any atom is 0.257 e. The van der Waals surface area contributed by atoms with Crippen LogP contribution in [-0.4, -0.2) is 37.1 Å². The molecule has 3 rings (SSSR count). The van der Waals surface area contributed by atoms with E-state index in [-0.39, 0.29) is 5.91 Å². The summed E-state index contributed by atoms with van der Waals surface area (Å²) < 4.78 is 11.1. The summed E-state index contributed by atoms with van der Waals surface area (Å²) >= 11 is 0. The Morgan fingerprint density at radius 3 is 3.00 bits per heavy atom. The molecule has 1 aromatic rings. The number of piperidine rings is 1. The molecule has 102 valence electrons. The van der Waals surface area contributed by atoms with Gasteiger partial charge in [0.05, 0.1) is 5.56 Å². The third kappa shape index (κ3) is 2.39. The van der Waals surface area contributed by atoms with E-state index < -0.39 is 0 Å². The number of amides is 1. The van der Waals surface area contributed by atoms with Crippen LogP contribution in [0.5, 0.6) is 11.5 Å². The standard InChI is InChI=1S/C15H19NO3/c1-11-4-3-7-16(10-11)15(17)12-5-2-6-13-14(12)19-9-8-18-13/h2,5-6,11H,3-4,7-10H2,1H3. The maximum atomic E-state index is 12.6. The lowest BCUT2D eigenvalue weighted by atomic mass is 9.99. The van der Waals surface area contributed by atoms with E-state index in [1.807, 2.05) is 23.1 Å². The van der Waals surface area contributed by atoms with Crippen molar-refractivity contribution in [2.24, 2.45) is 5.92 Å². The summed E-state index contributed by atoms with van der Waals surface area (Å²) in [6, 6.07) is 5.54. The Balaban J connectivity index is 1.87. The minimum Gasteiger partial charge on any atom is -0.486 e. The monoisotopic (exact) mass is 261 g/mol. The third-order valence-corrected chi connectivity index (χ3v) is 3.74. The highest BCUT2D eigenvalue weighted by molar-refractivity contribution is 5.98. The van der Waals surface area contributed by atoms with Crippen LogP contribution in [0.2, 0.25) is 0 Å². The number of carbonyl (C=O) groups is 1. The van der Waals surface area contributed by atoms with Crippen molar-refractivity contribution < 1.29 is 14.3 Å². The van der Waals surface area contributed by atoms with Crippen LogP contribution in [-0.2, 0) is 0 Å². The van der Waals surface area contributed by atoms with E-state index in [0.29, 0.717) is 36.2 Å². The van der Waals surface area contributed by atoms with Gasteiger partial charge in [0.25, 0.3) is 5.91 Å². The molecule has 0 bridgehead atoms. The molecule has 2 heterocycles. The molecule has 0 spiro atoms. The Kier molecular flexibility index (Phi) is 3.32. The number of nitrogens with zero attached hydrogens (tertiary/aromatic N) is 1. The summed E-state index contributed by atoms with van der Waals surface area (Å²) in [4.78, 5) is 14.5. The molecule has 0 aliphatic carbocycles. The summed E-state index contributed by atoms with van der Waals surface area (Å²) in [5, 5.41) is 0. The molecular formula is C15H19NO3. The predicted octanol–water partition coefficient (Wildman–Crippen LogP) is 2.33. The fourth-order valence-electron chi connectivity index (χ4n) is 2.79.